The van der Waals surface area contributed by atoms with Crippen molar-refractivity contribution in [3.05, 3.63) is 54.6 Å². The molecule has 0 radical (unpaired) electrons. The Balaban J connectivity index is 1.60. The zero-order valence-electron chi connectivity index (χ0n) is 15.2. The van der Waals surface area contributed by atoms with E-state index in [9.17, 15) is 5.26 Å². The zero-order chi connectivity index (χ0) is 17.7. The van der Waals surface area contributed by atoms with Gasteiger partial charge in [-0.05, 0) is 60.3 Å². The molecule has 0 amide bonds. The molecule has 0 aliphatic heterocycles. The van der Waals surface area contributed by atoms with Crippen molar-refractivity contribution in [3.63, 3.8) is 0 Å². The van der Waals surface area contributed by atoms with Crippen LogP contribution in [0, 0.1) is 22.7 Å². The van der Waals surface area contributed by atoms with Crippen LogP contribution in [0.3, 0.4) is 0 Å². The first-order valence-corrected chi connectivity index (χ1v) is 9.32. The number of hydrogen-bond donors (Lipinski definition) is 0. The lowest BCUT2D eigenvalue weighted by atomic mass is 9.65. The lowest BCUT2D eigenvalue weighted by molar-refractivity contribution is 0.0501. The Hall–Kier alpha value is -2.27. The fourth-order valence-electron chi connectivity index (χ4n) is 3.95. The van der Waals surface area contributed by atoms with Crippen LogP contribution in [0.2, 0.25) is 0 Å². The molecule has 2 heteroatoms. The van der Waals surface area contributed by atoms with Crippen molar-refractivity contribution in [3.8, 4) is 22.9 Å². The van der Waals surface area contributed by atoms with E-state index in [2.05, 4.69) is 68.4 Å². The quantitative estimate of drug-likeness (QED) is 0.649. The number of benzene rings is 2. The molecule has 2 aromatic rings. The zero-order valence-corrected chi connectivity index (χ0v) is 15.2. The summed E-state index contributed by atoms with van der Waals surface area (Å²) >= 11 is 0. The summed E-state index contributed by atoms with van der Waals surface area (Å²) in [6.07, 6.45) is 5.20. The lowest BCUT2D eigenvalue weighted by Crippen LogP contribution is -2.35. The van der Waals surface area contributed by atoms with Crippen molar-refractivity contribution in [1.29, 1.82) is 5.26 Å². The van der Waals surface area contributed by atoms with Crippen molar-refractivity contribution < 1.29 is 4.74 Å². The minimum absolute atomic E-state index is 0.186. The summed E-state index contributed by atoms with van der Waals surface area (Å²) in [6, 6.07) is 21.2. The highest BCUT2D eigenvalue weighted by Gasteiger charge is 2.38. The summed E-state index contributed by atoms with van der Waals surface area (Å²) < 4.78 is 6.21. The molecule has 25 heavy (non-hydrogen) atoms. The number of nitrogens with zero attached hydrogens (tertiary/aromatic N) is 1. The summed E-state index contributed by atoms with van der Waals surface area (Å²) in [6.45, 7) is 4.50. The van der Waals surface area contributed by atoms with Crippen LogP contribution in [0.4, 0.5) is 0 Å². The molecule has 0 atom stereocenters. The van der Waals surface area contributed by atoms with Crippen LogP contribution in [0.1, 0.15) is 46.0 Å². The lowest BCUT2D eigenvalue weighted by Gasteiger charge is -2.41. The van der Waals surface area contributed by atoms with Crippen molar-refractivity contribution in [1.82, 2.24) is 0 Å². The number of hydrogen-bond acceptors (Lipinski definition) is 2. The van der Waals surface area contributed by atoms with Gasteiger partial charge in [-0.25, -0.2) is 0 Å². The fourth-order valence-corrected chi connectivity index (χ4v) is 3.95. The number of nitriles is 1. The minimum atomic E-state index is 0.186. The molecule has 1 saturated carbocycles. The van der Waals surface area contributed by atoms with Gasteiger partial charge in [-0.2, -0.15) is 5.26 Å². The van der Waals surface area contributed by atoms with Gasteiger partial charge < -0.3 is 4.74 Å². The van der Waals surface area contributed by atoms with Crippen LogP contribution >= 0.6 is 0 Å². The van der Waals surface area contributed by atoms with E-state index in [-0.39, 0.29) is 11.5 Å². The van der Waals surface area contributed by atoms with E-state index in [0.717, 1.165) is 31.4 Å². The van der Waals surface area contributed by atoms with E-state index in [0.29, 0.717) is 12.3 Å². The molecule has 130 valence electrons. The van der Waals surface area contributed by atoms with Crippen LogP contribution in [-0.2, 0) is 0 Å². The Morgan fingerprint density at radius 3 is 2.16 bits per heavy atom. The predicted molar refractivity (Wildman–Crippen MR) is 102 cm³/mol. The molecular formula is C23H27NO. The fraction of sp³-hybridized carbons (Fsp3) is 0.435. The normalized spacial score (nSPS) is 23.2. The first-order chi connectivity index (χ1) is 12.1. The second-order valence-corrected chi connectivity index (χ2v) is 7.56. The summed E-state index contributed by atoms with van der Waals surface area (Å²) in [5, 5.41) is 9.17. The monoisotopic (exact) mass is 333 g/mol. The van der Waals surface area contributed by atoms with E-state index in [1.165, 1.54) is 11.1 Å². The van der Waals surface area contributed by atoms with E-state index in [4.69, 9.17) is 4.74 Å². The van der Waals surface area contributed by atoms with E-state index in [1.807, 2.05) is 6.07 Å². The van der Waals surface area contributed by atoms with Crippen LogP contribution in [0.25, 0.3) is 11.1 Å². The Kier molecular flexibility index (Phi) is 5.43. The van der Waals surface area contributed by atoms with Gasteiger partial charge in [-0.3, -0.25) is 0 Å². The summed E-state index contributed by atoms with van der Waals surface area (Å²) in [4.78, 5) is 0. The van der Waals surface area contributed by atoms with Gasteiger partial charge in [0.05, 0.1) is 12.2 Å². The van der Waals surface area contributed by atoms with Gasteiger partial charge in [0.2, 0.25) is 0 Å². The summed E-state index contributed by atoms with van der Waals surface area (Å²) in [5.41, 5.74) is 2.63. The molecule has 0 heterocycles. The van der Waals surface area contributed by atoms with Crippen LogP contribution in [0.15, 0.2) is 54.6 Å². The summed E-state index contributed by atoms with van der Waals surface area (Å²) in [5.74, 6) is 1.50. The van der Waals surface area contributed by atoms with Crippen LogP contribution in [0.5, 0.6) is 5.75 Å². The maximum atomic E-state index is 9.17. The second-order valence-electron chi connectivity index (χ2n) is 7.56. The molecule has 1 fully saturated rings. The summed E-state index contributed by atoms with van der Waals surface area (Å²) in [7, 11) is 0. The molecule has 0 N–H and O–H groups in total. The number of rotatable bonds is 5. The molecule has 0 bridgehead atoms. The average molecular weight is 333 g/mol. The van der Waals surface area contributed by atoms with Gasteiger partial charge in [0.25, 0.3) is 0 Å². The molecule has 1 aliphatic rings. The smallest absolute Gasteiger partial charge is 0.119 e. The third-order valence-electron chi connectivity index (χ3n) is 5.85. The van der Waals surface area contributed by atoms with Crippen LogP contribution in [-0.4, -0.2) is 6.10 Å². The van der Waals surface area contributed by atoms with Crippen molar-refractivity contribution in [2.24, 2.45) is 11.3 Å². The second kappa shape index (κ2) is 7.74. The van der Waals surface area contributed by atoms with Gasteiger partial charge in [0.1, 0.15) is 5.75 Å². The molecule has 1 aliphatic carbocycles. The highest BCUT2D eigenvalue weighted by molar-refractivity contribution is 5.63. The first kappa shape index (κ1) is 17.5. The molecule has 0 unspecified atom stereocenters. The minimum Gasteiger partial charge on any atom is -0.490 e. The van der Waals surface area contributed by atoms with E-state index < -0.39 is 0 Å². The standard InChI is InChI=1S/C23H27NO/c1-18(2)23(16-17-24)14-12-22(13-15-23)25-21-10-8-20(9-11-21)19-6-4-3-5-7-19/h3-11,18,22H,12-16H2,1-2H3. The maximum Gasteiger partial charge on any atom is 0.119 e. The highest BCUT2D eigenvalue weighted by atomic mass is 16.5. The Morgan fingerprint density at radius 1 is 1.00 bits per heavy atom. The number of ether oxygens (including phenoxy) is 1. The SMILES string of the molecule is CC(C)C1(CC#N)CCC(Oc2ccc(-c3ccccc3)cc2)CC1. The van der Waals surface area contributed by atoms with E-state index in [1.54, 1.807) is 0 Å². The maximum absolute atomic E-state index is 9.17. The first-order valence-electron chi connectivity index (χ1n) is 9.32. The van der Waals surface area contributed by atoms with Crippen LogP contribution < -0.4 is 4.74 Å². The Bertz CT molecular complexity index is 704. The Morgan fingerprint density at radius 2 is 1.60 bits per heavy atom. The largest absolute Gasteiger partial charge is 0.490 e. The topological polar surface area (TPSA) is 33.0 Å². The molecular weight excluding hydrogens is 306 g/mol. The van der Waals surface area contributed by atoms with Gasteiger partial charge >= 0.3 is 0 Å². The van der Waals surface area contributed by atoms with E-state index >= 15 is 0 Å². The molecule has 0 spiro atoms. The molecule has 2 aromatic carbocycles. The predicted octanol–water partition coefficient (Wildman–Crippen LogP) is 6.23. The molecule has 0 aromatic heterocycles. The Labute approximate surface area is 151 Å². The molecule has 3 rings (SSSR count). The third-order valence-corrected chi connectivity index (χ3v) is 5.85. The van der Waals surface area contributed by atoms with Gasteiger partial charge in [-0.15, -0.1) is 0 Å². The van der Waals surface area contributed by atoms with Gasteiger partial charge in [-0.1, -0.05) is 56.3 Å². The molecule has 0 saturated heterocycles. The average Bonchev–Trinajstić information content (AvgIpc) is 2.65. The third kappa shape index (κ3) is 4.04. The van der Waals surface area contributed by atoms with Crippen molar-refractivity contribution in [2.75, 3.05) is 0 Å². The van der Waals surface area contributed by atoms with Crippen molar-refractivity contribution >= 4 is 0 Å². The van der Waals surface area contributed by atoms with Crippen molar-refractivity contribution in [2.45, 2.75) is 52.1 Å². The van der Waals surface area contributed by atoms with Gasteiger partial charge in [0.15, 0.2) is 0 Å². The highest BCUT2D eigenvalue weighted by Crippen LogP contribution is 2.45. The molecule has 2 nitrogen and oxygen atoms in total. The van der Waals surface area contributed by atoms with Gasteiger partial charge in [0, 0.05) is 6.42 Å².